The molecule has 1 fully saturated rings. The van der Waals surface area contributed by atoms with Gasteiger partial charge in [-0.2, -0.15) is 0 Å². The Morgan fingerprint density at radius 3 is 2.63 bits per heavy atom. The fraction of sp³-hybridized carbons (Fsp3) is 0.556. The molecule has 1 aromatic carbocycles. The number of amides is 2. The number of carbonyl (C=O) groups excluding carboxylic acids is 2. The van der Waals surface area contributed by atoms with E-state index < -0.39 is 0 Å². The van der Waals surface area contributed by atoms with Crippen LogP contribution in [0.3, 0.4) is 0 Å². The fourth-order valence-corrected chi connectivity index (χ4v) is 3.49. The average Bonchev–Trinajstić information content (AvgIpc) is 3.10. The number of benzene rings is 1. The summed E-state index contributed by atoms with van der Waals surface area (Å²) < 4.78 is 16.8. The third kappa shape index (κ3) is 3.64. The molecule has 1 aromatic rings. The monoisotopic (exact) mass is 397 g/mol. The summed E-state index contributed by atoms with van der Waals surface area (Å²) in [6.07, 6.45) is 0.719. The normalized spacial score (nSPS) is 18.8. The van der Waals surface area contributed by atoms with Gasteiger partial charge in [0, 0.05) is 39.8 Å². The summed E-state index contributed by atoms with van der Waals surface area (Å²) in [6, 6.07) is 1.84. The van der Waals surface area contributed by atoms with Gasteiger partial charge in [-0.25, -0.2) is 0 Å². The Hall–Kier alpha value is -2.19. The minimum absolute atomic E-state index is 0. The molecule has 3 heterocycles. The van der Waals surface area contributed by atoms with Crippen molar-refractivity contribution in [3.63, 3.8) is 0 Å². The Bertz CT molecular complexity index is 749. The molecule has 1 saturated heterocycles. The number of rotatable bonds is 3. The van der Waals surface area contributed by atoms with Gasteiger partial charge in [-0.3, -0.25) is 9.59 Å². The largest absolute Gasteiger partial charge is 0.479 e. The van der Waals surface area contributed by atoms with Crippen LogP contribution in [0.25, 0.3) is 0 Å². The first-order chi connectivity index (χ1) is 12.5. The van der Waals surface area contributed by atoms with E-state index in [-0.39, 0.29) is 37.6 Å². The maximum absolute atomic E-state index is 12.7. The van der Waals surface area contributed by atoms with Gasteiger partial charge in [0.25, 0.3) is 11.8 Å². The quantitative estimate of drug-likeness (QED) is 0.744. The molecule has 148 valence electrons. The van der Waals surface area contributed by atoms with Gasteiger partial charge in [0.05, 0.1) is 5.56 Å². The molecule has 0 aliphatic carbocycles. The molecular formula is C18H24ClN3O5. The predicted molar refractivity (Wildman–Crippen MR) is 100 cm³/mol. The Morgan fingerprint density at radius 1 is 1.15 bits per heavy atom. The van der Waals surface area contributed by atoms with Crippen molar-refractivity contribution in [2.24, 2.45) is 0 Å². The van der Waals surface area contributed by atoms with Crippen molar-refractivity contribution in [1.29, 1.82) is 0 Å². The van der Waals surface area contributed by atoms with Crippen molar-refractivity contribution in [3.05, 3.63) is 17.2 Å². The smallest absolute Gasteiger partial charge is 0.260 e. The lowest BCUT2D eigenvalue weighted by Crippen LogP contribution is -2.48. The first-order valence-electron chi connectivity index (χ1n) is 8.84. The second kappa shape index (κ2) is 7.82. The number of carbonyl (C=O) groups is 2. The van der Waals surface area contributed by atoms with Crippen LogP contribution >= 0.6 is 12.4 Å². The molecule has 27 heavy (non-hydrogen) atoms. The lowest BCUT2D eigenvalue weighted by Gasteiger charge is -2.32. The summed E-state index contributed by atoms with van der Waals surface area (Å²) in [6.45, 7) is 3.68. The van der Waals surface area contributed by atoms with Gasteiger partial charge in [0.1, 0.15) is 0 Å². The lowest BCUT2D eigenvalue weighted by molar-refractivity contribution is -0.134. The van der Waals surface area contributed by atoms with E-state index in [2.05, 4.69) is 4.90 Å². The Labute approximate surface area is 164 Å². The van der Waals surface area contributed by atoms with Crippen molar-refractivity contribution in [2.45, 2.75) is 6.42 Å². The van der Waals surface area contributed by atoms with E-state index in [0.29, 0.717) is 42.4 Å². The molecule has 0 N–H and O–H groups in total. The third-order valence-corrected chi connectivity index (χ3v) is 5.17. The molecule has 0 saturated carbocycles. The van der Waals surface area contributed by atoms with Crippen molar-refractivity contribution < 1.29 is 23.8 Å². The van der Waals surface area contributed by atoms with Crippen LogP contribution in [0.2, 0.25) is 0 Å². The summed E-state index contributed by atoms with van der Waals surface area (Å²) in [5, 5.41) is 0. The lowest BCUT2D eigenvalue weighted by atomic mass is 9.97. The molecule has 8 nitrogen and oxygen atoms in total. The second-order valence-electron chi connectivity index (χ2n) is 6.92. The fourth-order valence-electron chi connectivity index (χ4n) is 3.49. The number of halogens is 1. The van der Waals surface area contributed by atoms with Gasteiger partial charge < -0.3 is 28.9 Å². The number of likely N-dealkylation sites (N-methyl/N-ethyl adjacent to an activating group) is 2. The topological polar surface area (TPSA) is 71.6 Å². The SMILES string of the molecule is CN1CCN(C(=O)COc2c3c(cc4c2C(=O)N(C)CC4)OCO3)CC1.Cl. The molecule has 9 heteroatoms. The van der Waals surface area contributed by atoms with Gasteiger partial charge in [0.2, 0.25) is 12.5 Å². The highest BCUT2D eigenvalue weighted by molar-refractivity contribution is 6.01. The zero-order valence-corrected chi connectivity index (χ0v) is 16.3. The Balaban J connectivity index is 0.00000210. The molecule has 0 bridgehead atoms. The molecular weight excluding hydrogens is 374 g/mol. The first kappa shape index (κ1) is 19.6. The highest BCUT2D eigenvalue weighted by Gasteiger charge is 2.33. The molecule has 0 aromatic heterocycles. The zero-order valence-electron chi connectivity index (χ0n) is 15.5. The van der Waals surface area contributed by atoms with Gasteiger partial charge in [-0.15, -0.1) is 12.4 Å². The molecule has 0 radical (unpaired) electrons. The maximum Gasteiger partial charge on any atom is 0.260 e. The minimum atomic E-state index is -0.119. The van der Waals surface area contributed by atoms with E-state index in [1.54, 1.807) is 16.8 Å². The predicted octanol–water partition coefficient (Wildman–Crippen LogP) is 0.618. The molecule has 0 unspecified atom stereocenters. The van der Waals surface area contributed by atoms with Crippen LogP contribution in [0.1, 0.15) is 15.9 Å². The van der Waals surface area contributed by atoms with Crippen molar-refractivity contribution in [3.8, 4) is 17.2 Å². The number of hydrogen-bond acceptors (Lipinski definition) is 6. The van der Waals surface area contributed by atoms with Crippen LogP contribution in [-0.4, -0.2) is 86.7 Å². The number of hydrogen-bond donors (Lipinski definition) is 0. The minimum Gasteiger partial charge on any atom is -0.479 e. The standard InChI is InChI=1S/C18H23N3O5.ClH/c1-19-5-7-21(8-6-19)14(22)10-24-17-15-12(3-4-20(2)18(15)23)9-13-16(17)26-11-25-13;/h9H,3-8,10-11H2,1-2H3;1H. The van der Waals surface area contributed by atoms with E-state index in [9.17, 15) is 9.59 Å². The van der Waals surface area contributed by atoms with Crippen molar-refractivity contribution in [2.75, 3.05) is 60.2 Å². The second-order valence-corrected chi connectivity index (χ2v) is 6.92. The first-order valence-corrected chi connectivity index (χ1v) is 8.84. The van der Waals surface area contributed by atoms with Gasteiger partial charge in [-0.1, -0.05) is 0 Å². The average molecular weight is 398 g/mol. The molecule has 3 aliphatic heterocycles. The maximum atomic E-state index is 12.7. The summed E-state index contributed by atoms with van der Waals surface area (Å²) in [5.74, 6) is 1.11. The number of piperazine rings is 1. The molecule has 4 rings (SSSR count). The van der Waals surface area contributed by atoms with E-state index in [1.807, 2.05) is 13.1 Å². The Kier molecular flexibility index (Phi) is 5.67. The Morgan fingerprint density at radius 2 is 1.89 bits per heavy atom. The molecule has 0 atom stereocenters. The van der Waals surface area contributed by atoms with Crippen LogP contribution < -0.4 is 14.2 Å². The van der Waals surface area contributed by atoms with E-state index >= 15 is 0 Å². The van der Waals surface area contributed by atoms with E-state index in [0.717, 1.165) is 25.1 Å². The molecule has 3 aliphatic rings. The van der Waals surface area contributed by atoms with Crippen LogP contribution in [0.5, 0.6) is 17.2 Å². The zero-order chi connectivity index (χ0) is 18.3. The number of nitrogens with zero attached hydrogens (tertiary/aromatic N) is 3. The van der Waals surface area contributed by atoms with E-state index in [4.69, 9.17) is 14.2 Å². The summed E-state index contributed by atoms with van der Waals surface area (Å²) >= 11 is 0. The van der Waals surface area contributed by atoms with Crippen LogP contribution in [0, 0.1) is 0 Å². The van der Waals surface area contributed by atoms with Crippen molar-refractivity contribution in [1.82, 2.24) is 14.7 Å². The molecule has 2 amide bonds. The summed E-state index contributed by atoms with van der Waals surface area (Å²) in [5.41, 5.74) is 1.36. The van der Waals surface area contributed by atoms with Crippen molar-refractivity contribution >= 4 is 24.2 Å². The van der Waals surface area contributed by atoms with Crippen LogP contribution in [-0.2, 0) is 11.2 Å². The number of ether oxygens (including phenoxy) is 3. The highest BCUT2D eigenvalue weighted by atomic mass is 35.5. The summed E-state index contributed by atoms with van der Waals surface area (Å²) in [7, 11) is 3.80. The van der Waals surface area contributed by atoms with Gasteiger partial charge in [-0.05, 0) is 25.1 Å². The highest BCUT2D eigenvalue weighted by Crippen LogP contribution is 2.46. The third-order valence-electron chi connectivity index (χ3n) is 5.17. The van der Waals surface area contributed by atoms with Crippen LogP contribution in [0.15, 0.2) is 6.07 Å². The number of fused-ring (bicyclic) bond motifs is 2. The van der Waals surface area contributed by atoms with Gasteiger partial charge >= 0.3 is 0 Å². The molecule has 0 spiro atoms. The van der Waals surface area contributed by atoms with Gasteiger partial charge in [0.15, 0.2) is 18.1 Å². The summed E-state index contributed by atoms with van der Waals surface area (Å²) in [4.78, 5) is 30.8. The van der Waals surface area contributed by atoms with E-state index in [1.165, 1.54) is 0 Å². The van der Waals surface area contributed by atoms with Crippen LogP contribution in [0.4, 0.5) is 0 Å².